The first-order valence-electron chi connectivity index (χ1n) is 5.15. The van der Waals surface area contributed by atoms with Crippen LogP contribution in [0.4, 0.5) is 8.78 Å². The molecule has 0 saturated heterocycles. The van der Waals surface area contributed by atoms with Crippen molar-refractivity contribution < 1.29 is 8.78 Å². The van der Waals surface area contributed by atoms with Crippen molar-refractivity contribution in [2.75, 3.05) is 0 Å². The lowest BCUT2D eigenvalue weighted by Crippen LogP contribution is -2.25. The van der Waals surface area contributed by atoms with Crippen molar-refractivity contribution in [3.8, 4) is 0 Å². The second-order valence-electron chi connectivity index (χ2n) is 3.77. The van der Waals surface area contributed by atoms with Gasteiger partial charge in [-0.2, -0.15) is 11.1 Å². The molecule has 2 aromatic carbocycles. The normalized spacial score (nSPS) is 11.6. The molecule has 0 amide bonds. The van der Waals surface area contributed by atoms with E-state index in [9.17, 15) is 8.78 Å². The predicted molar refractivity (Wildman–Crippen MR) is 71.0 cm³/mol. The fourth-order valence-corrected chi connectivity index (χ4v) is 3.09. The van der Waals surface area contributed by atoms with Crippen molar-refractivity contribution in [3.05, 3.63) is 71.3 Å². The molecule has 0 unspecified atom stereocenters. The summed E-state index contributed by atoms with van der Waals surface area (Å²) in [7, 11) is -0.157. The Labute approximate surface area is 116 Å². The third-order valence-electron chi connectivity index (χ3n) is 2.61. The first-order chi connectivity index (χ1) is 8.56. The molecule has 0 N–H and O–H groups in total. The number of hydrogen-bond donors (Lipinski definition) is 0. The van der Waals surface area contributed by atoms with Gasteiger partial charge in [-0.3, -0.25) is 0 Å². The van der Waals surface area contributed by atoms with Gasteiger partial charge in [0.05, 0.1) is 4.50 Å². The van der Waals surface area contributed by atoms with Crippen molar-refractivity contribution in [3.63, 3.8) is 0 Å². The summed E-state index contributed by atoms with van der Waals surface area (Å²) in [4.78, 5) is 0. The van der Waals surface area contributed by atoms with Crippen LogP contribution in [0.25, 0.3) is 0 Å². The molecule has 0 heterocycles. The van der Waals surface area contributed by atoms with Gasteiger partial charge in [-0.05, 0) is 35.4 Å². The van der Waals surface area contributed by atoms with Crippen LogP contribution in [0.3, 0.4) is 0 Å². The molecule has 0 aliphatic carbocycles. The number of benzene rings is 2. The van der Waals surface area contributed by atoms with Gasteiger partial charge < -0.3 is 0 Å². The Morgan fingerprint density at radius 1 is 0.778 bits per heavy atom. The van der Waals surface area contributed by atoms with Crippen LogP contribution in [-0.4, -0.2) is 8.83 Å². The van der Waals surface area contributed by atoms with Gasteiger partial charge in [0.15, 0.2) is 0 Å². The van der Waals surface area contributed by atoms with Gasteiger partial charge in [0.2, 0.25) is 8.83 Å². The summed E-state index contributed by atoms with van der Waals surface area (Å²) in [5.41, 5.74) is 1.37. The largest absolute Gasteiger partial charge is 0.207 e. The molecule has 2 aromatic rings. The molecule has 0 aliphatic rings. The highest BCUT2D eigenvalue weighted by molar-refractivity contribution is 6.99. The zero-order valence-corrected chi connectivity index (χ0v) is 11.6. The maximum atomic E-state index is 12.9. The fourth-order valence-electron chi connectivity index (χ4n) is 1.63. The molecule has 2 radical (unpaired) electrons. The average molecular weight is 301 g/mol. The minimum Gasteiger partial charge on any atom is -0.207 e. The van der Waals surface area contributed by atoms with Gasteiger partial charge in [0, 0.05) is 0 Å². The highest BCUT2D eigenvalue weighted by atomic mass is 35.6. The van der Waals surface area contributed by atoms with Gasteiger partial charge in [-0.15, -0.1) is 11.6 Å². The number of alkyl halides is 1. The molecule has 0 aromatic heterocycles. The maximum absolute atomic E-state index is 12.9. The SMILES string of the molecule is Fc1ccc(C(Cl)([Si]Cl)c2ccc(F)cc2)cc1. The third-order valence-corrected chi connectivity index (χ3v) is 5.31. The Hall–Kier alpha value is -0.903. The van der Waals surface area contributed by atoms with Gasteiger partial charge in [0.1, 0.15) is 11.6 Å². The first kappa shape index (κ1) is 13.5. The quantitative estimate of drug-likeness (QED) is 0.451. The van der Waals surface area contributed by atoms with Crippen molar-refractivity contribution in [2.24, 2.45) is 0 Å². The van der Waals surface area contributed by atoms with Crippen LogP contribution in [0, 0.1) is 11.6 Å². The summed E-state index contributed by atoms with van der Waals surface area (Å²) in [6.07, 6.45) is 0. The summed E-state index contributed by atoms with van der Waals surface area (Å²) in [5, 5.41) is 0. The van der Waals surface area contributed by atoms with E-state index in [-0.39, 0.29) is 20.5 Å². The molecule has 2 rings (SSSR count). The molecule has 0 aliphatic heterocycles. The van der Waals surface area contributed by atoms with Gasteiger partial charge in [-0.1, -0.05) is 24.3 Å². The summed E-state index contributed by atoms with van der Waals surface area (Å²) in [6, 6.07) is 11.6. The van der Waals surface area contributed by atoms with E-state index in [4.69, 9.17) is 22.7 Å². The van der Waals surface area contributed by atoms with Crippen molar-refractivity contribution >= 4 is 31.5 Å². The smallest absolute Gasteiger partial charge is 0.207 e. The van der Waals surface area contributed by atoms with Gasteiger partial charge >= 0.3 is 0 Å². The molecule has 0 bridgehead atoms. The molecule has 92 valence electrons. The molecule has 5 heteroatoms. The van der Waals surface area contributed by atoms with E-state index in [0.717, 1.165) is 0 Å². The second-order valence-corrected chi connectivity index (χ2v) is 6.16. The Balaban J connectivity index is 2.47. The van der Waals surface area contributed by atoms with E-state index in [1.165, 1.54) is 24.3 Å². The van der Waals surface area contributed by atoms with Crippen LogP contribution in [0.1, 0.15) is 11.1 Å². The highest BCUT2D eigenvalue weighted by Gasteiger charge is 2.32. The average Bonchev–Trinajstić information content (AvgIpc) is 2.39. The Kier molecular flexibility index (Phi) is 4.05. The minimum atomic E-state index is -0.955. The highest BCUT2D eigenvalue weighted by Crippen LogP contribution is 2.36. The Morgan fingerprint density at radius 2 is 1.11 bits per heavy atom. The van der Waals surface area contributed by atoms with Crippen LogP contribution >= 0.6 is 22.7 Å². The van der Waals surface area contributed by atoms with E-state index in [0.29, 0.717) is 11.1 Å². The number of hydrogen-bond acceptors (Lipinski definition) is 0. The van der Waals surface area contributed by atoms with Crippen molar-refractivity contribution in [2.45, 2.75) is 4.50 Å². The van der Waals surface area contributed by atoms with Gasteiger partial charge in [-0.25, -0.2) is 8.78 Å². The maximum Gasteiger partial charge on any atom is 0.207 e. The number of halogens is 4. The topological polar surface area (TPSA) is 0 Å². The van der Waals surface area contributed by atoms with Crippen molar-refractivity contribution in [1.82, 2.24) is 0 Å². The Bertz CT molecular complexity index is 480. The van der Waals surface area contributed by atoms with Crippen LogP contribution in [-0.2, 0) is 4.50 Å². The summed E-state index contributed by atoms with van der Waals surface area (Å²) in [6.45, 7) is 0. The summed E-state index contributed by atoms with van der Waals surface area (Å²) < 4.78 is 24.9. The molecular weight excluding hydrogens is 293 g/mol. The lowest BCUT2D eigenvalue weighted by Gasteiger charge is -2.24. The summed E-state index contributed by atoms with van der Waals surface area (Å²) in [5.74, 6) is -0.676. The Morgan fingerprint density at radius 3 is 1.39 bits per heavy atom. The van der Waals surface area contributed by atoms with Crippen molar-refractivity contribution in [1.29, 1.82) is 0 Å². The van der Waals surface area contributed by atoms with Gasteiger partial charge in [0.25, 0.3) is 0 Å². The van der Waals surface area contributed by atoms with E-state index in [1.807, 2.05) is 0 Å². The third kappa shape index (κ3) is 2.58. The van der Waals surface area contributed by atoms with E-state index in [2.05, 4.69) is 0 Å². The molecular formula is C13H8Cl2F2Si. The molecule has 0 spiro atoms. The van der Waals surface area contributed by atoms with Crippen LogP contribution < -0.4 is 0 Å². The van der Waals surface area contributed by atoms with E-state index >= 15 is 0 Å². The lowest BCUT2D eigenvalue weighted by atomic mass is 10.0. The van der Waals surface area contributed by atoms with E-state index in [1.54, 1.807) is 24.3 Å². The molecule has 0 saturated carbocycles. The zero-order chi connectivity index (χ0) is 13.2. The number of rotatable bonds is 3. The standard InChI is InChI=1S/C13H8Cl2F2Si/c14-13(18-15,9-1-5-11(16)6-2-9)10-3-7-12(17)8-4-10/h1-8H. The lowest BCUT2D eigenvalue weighted by molar-refractivity contribution is 0.626. The zero-order valence-electron chi connectivity index (χ0n) is 9.13. The van der Waals surface area contributed by atoms with Crippen LogP contribution in [0.15, 0.2) is 48.5 Å². The first-order valence-corrected chi connectivity index (χ1v) is 7.54. The monoisotopic (exact) mass is 300 g/mol. The second kappa shape index (κ2) is 5.39. The minimum absolute atomic E-state index is 0.157. The van der Waals surface area contributed by atoms with E-state index < -0.39 is 4.50 Å². The van der Waals surface area contributed by atoms with Crippen LogP contribution in [0.2, 0.25) is 0 Å². The van der Waals surface area contributed by atoms with Crippen LogP contribution in [0.5, 0.6) is 0 Å². The molecule has 18 heavy (non-hydrogen) atoms. The molecule has 0 nitrogen and oxygen atoms in total. The predicted octanol–water partition coefficient (Wildman–Crippen LogP) is 4.26. The fraction of sp³-hybridized carbons (Fsp3) is 0.0769. The summed E-state index contributed by atoms with van der Waals surface area (Å²) >= 11 is 12.5. The molecule has 0 atom stereocenters. The molecule has 0 fully saturated rings.